The van der Waals surface area contributed by atoms with E-state index in [0.717, 1.165) is 56.0 Å². The molecule has 150 valence electrons. The van der Waals surface area contributed by atoms with Crippen molar-refractivity contribution >= 4 is 11.8 Å². The fourth-order valence-corrected chi connectivity index (χ4v) is 5.74. The third-order valence-electron chi connectivity index (χ3n) is 7.51. The number of piperidine rings is 1. The number of amides is 2. The Labute approximate surface area is 166 Å². The molecule has 6 heteroatoms. The van der Waals surface area contributed by atoms with Crippen molar-refractivity contribution in [1.82, 2.24) is 19.8 Å². The van der Waals surface area contributed by atoms with Crippen molar-refractivity contribution in [2.75, 3.05) is 19.6 Å². The Hall–Kier alpha value is -1.98. The molecule has 1 saturated heterocycles. The zero-order valence-electron chi connectivity index (χ0n) is 16.8. The zero-order valence-corrected chi connectivity index (χ0v) is 16.8. The SMILES string of the molecule is CC(=O)N1CCC(c2ncc3c(n2)CCN(C(=O)C2[C@@H]4CCCC[C@@H]24)C3)CC1. The summed E-state index contributed by atoms with van der Waals surface area (Å²) in [4.78, 5) is 38.0. The highest BCUT2D eigenvalue weighted by atomic mass is 16.2. The van der Waals surface area contributed by atoms with Gasteiger partial charge in [0.25, 0.3) is 0 Å². The molecule has 0 spiro atoms. The quantitative estimate of drug-likeness (QED) is 0.788. The molecule has 0 N–H and O–H groups in total. The third-order valence-corrected chi connectivity index (χ3v) is 7.51. The molecule has 6 nitrogen and oxygen atoms in total. The lowest BCUT2D eigenvalue weighted by Gasteiger charge is -2.32. The summed E-state index contributed by atoms with van der Waals surface area (Å²) >= 11 is 0. The van der Waals surface area contributed by atoms with Gasteiger partial charge in [-0.3, -0.25) is 9.59 Å². The largest absolute Gasteiger partial charge is 0.343 e. The van der Waals surface area contributed by atoms with Crippen molar-refractivity contribution in [2.24, 2.45) is 17.8 Å². The van der Waals surface area contributed by atoms with Crippen LogP contribution >= 0.6 is 0 Å². The predicted molar refractivity (Wildman–Crippen MR) is 104 cm³/mol. The first-order valence-corrected chi connectivity index (χ1v) is 11.0. The van der Waals surface area contributed by atoms with E-state index < -0.39 is 0 Å². The first kappa shape index (κ1) is 18.1. The Morgan fingerprint density at radius 3 is 2.39 bits per heavy atom. The number of hydrogen-bond acceptors (Lipinski definition) is 4. The van der Waals surface area contributed by atoms with Crippen LogP contribution in [0.1, 0.15) is 68.4 Å². The molecule has 28 heavy (non-hydrogen) atoms. The summed E-state index contributed by atoms with van der Waals surface area (Å²) < 4.78 is 0. The van der Waals surface area contributed by atoms with Crippen molar-refractivity contribution in [2.45, 2.75) is 64.3 Å². The number of fused-ring (bicyclic) bond motifs is 2. The van der Waals surface area contributed by atoms with Crippen molar-refractivity contribution in [3.05, 3.63) is 23.3 Å². The summed E-state index contributed by atoms with van der Waals surface area (Å²) in [5.41, 5.74) is 2.24. The molecule has 2 aliphatic heterocycles. The minimum absolute atomic E-state index is 0.157. The first-order valence-electron chi connectivity index (χ1n) is 11.0. The van der Waals surface area contributed by atoms with Crippen LogP contribution in [0, 0.1) is 17.8 Å². The maximum atomic E-state index is 13.0. The van der Waals surface area contributed by atoms with Crippen molar-refractivity contribution in [1.29, 1.82) is 0 Å². The summed E-state index contributed by atoms with van der Waals surface area (Å²) in [6.07, 6.45) is 9.77. The molecule has 3 heterocycles. The normalized spacial score (nSPS) is 29.8. The minimum Gasteiger partial charge on any atom is -0.343 e. The van der Waals surface area contributed by atoms with E-state index in [4.69, 9.17) is 4.98 Å². The highest BCUT2D eigenvalue weighted by Gasteiger charge is 2.55. The second-order valence-corrected chi connectivity index (χ2v) is 9.13. The van der Waals surface area contributed by atoms with Crippen LogP contribution in [0.5, 0.6) is 0 Å². The number of rotatable bonds is 2. The number of aromatic nitrogens is 2. The molecular weight excluding hydrogens is 352 g/mol. The zero-order chi connectivity index (χ0) is 19.3. The van der Waals surface area contributed by atoms with Gasteiger partial charge < -0.3 is 9.80 Å². The molecule has 3 fully saturated rings. The van der Waals surface area contributed by atoms with Gasteiger partial charge in [0.2, 0.25) is 11.8 Å². The van der Waals surface area contributed by atoms with E-state index in [1.54, 1.807) is 6.92 Å². The second kappa shape index (κ2) is 7.12. The van der Waals surface area contributed by atoms with Crippen LogP contribution in [-0.2, 0) is 22.6 Å². The molecule has 2 atom stereocenters. The van der Waals surface area contributed by atoms with Gasteiger partial charge in [-0.25, -0.2) is 9.97 Å². The van der Waals surface area contributed by atoms with Crippen LogP contribution in [-0.4, -0.2) is 51.2 Å². The van der Waals surface area contributed by atoms with Crippen LogP contribution in [0.15, 0.2) is 6.20 Å². The molecule has 1 aromatic heterocycles. The van der Waals surface area contributed by atoms with Crippen LogP contribution in [0.25, 0.3) is 0 Å². The average molecular weight is 383 g/mol. The Bertz CT molecular complexity index is 775. The number of likely N-dealkylation sites (tertiary alicyclic amines) is 1. The fraction of sp³-hybridized carbons (Fsp3) is 0.727. The molecule has 1 aromatic rings. The molecular formula is C22H30N4O2. The van der Waals surface area contributed by atoms with Gasteiger partial charge in [-0.05, 0) is 37.5 Å². The second-order valence-electron chi connectivity index (χ2n) is 9.13. The Morgan fingerprint density at radius 2 is 1.71 bits per heavy atom. The molecule has 0 bridgehead atoms. The van der Waals surface area contributed by atoms with Gasteiger partial charge in [0.1, 0.15) is 5.82 Å². The Morgan fingerprint density at radius 1 is 1.00 bits per heavy atom. The lowest BCUT2D eigenvalue weighted by Crippen LogP contribution is -2.38. The number of hydrogen-bond donors (Lipinski definition) is 0. The van der Waals surface area contributed by atoms with E-state index in [2.05, 4.69) is 9.88 Å². The average Bonchev–Trinajstić information content (AvgIpc) is 3.47. The number of carbonyl (C=O) groups is 2. The van der Waals surface area contributed by atoms with Gasteiger partial charge in [0.15, 0.2) is 0 Å². The van der Waals surface area contributed by atoms with Crippen molar-refractivity contribution in [3.8, 4) is 0 Å². The molecule has 5 rings (SSSR count). The van der Waals surface area contributed by atoms with Crippen LogP contribution in [0.3, 0.4) is 0 Å². The van der Waals surface area contributed by atoms with Gasteiger partial charge in [0, 0.05) is 63.1 Å². The fourth-order valence-electron chi connectivity index (χ4n) is 5.74. The Kier molecular flexibility index (Phi) is 4.60. The summed E-state index contributed by atoms with van der Waals surface area (Å²) in [5.74, 6) is 3.44. The van der Waals surface area contributed by atoms with E-state index in [9.17, 15) is 9.59 Å². The highest BCUT2D eigenvalue weighted by molar-refractivity contribution is 5.82. The topological polar surface area (TPSA) is 66.4 Å². The summed E-state index contributed by atoms with van der Waals surface area (Å²) in [7, 11) is 0. The van der Waals surface area contributed by atoms with Crippen LogP contribution < -0.4 is 0 Å². The van der Waals surface area contributed by atoms with Gasteiger partial charge in [0.05, 0.1) is 5.69 Å². The highest BCUT2D eigenvalue weighted by Crippen LogP contribution is 2.56. The summed E-state index contributed by atoms with van der Waals surface area (Å²) in [6, 6.07) is 0. The standard InChI is InChI=1S/C22H30N4O2/c1-14(27)25-9-6-15(7-10-25)21-23-12-16-13-26(11-8-19(16)24-21)22(28)20-17-4-2-3-5-18(17)20/h12,15,17-18,20H,2-11,13H2,1H3/t17-,18-/m1/s1. The minimum atomic E-state index is 0.157. The van der Waals surface area contributed by atoms with Crippen molar-refractivity contribution < 1.29 is 9.59 Å². The molecule has 0 radical (unpaired) electrons. The van der Waals surface area contributed by atoms with Gasteiger partial charge in [-0.15, -0.1) is 0 Å². The monoisotopic (exact) mass is 382 g/mol. The lowest BCUT2D eigenvalue weighted by molar-refractivity contribution is -0.134. The number of carbonyl (C=O) groups excluding carboxylic acids is 2. The van der Waals surface area contributed by atoms with E-state index in [1.807, 2.05) is 11.1 Å². The van der Waals surface area contributed by atoms with Crippen LogP contribution in [0.4, 0.5) is 0 Å². The predicted octanol–water partition coefficient (Wildman–Crippen LogP) is 2.52. The summed E-state index contributed by atoms with van der Waals surface area (Å²) in [6.45, 7) is 4.70. The maximum Gasteiger partial charge on any atom is 0.226 e. The van der Waals surface area contributed by atoms with Gasteiger partial charge in [-0.1, -0.05) is 12.8 Å². The lowest BCUT2D eigenvalue weighted by atomic mass is 9.95. The van der Waals surface area contributed by atoms with E-state index >= 15 is 0 Å². The van der Waals surface area contributed by atoms with Gasteiger partial charge in [-0.2, -0.15) is 0 Å². The van der Waals surface area contributed by atoms with Gasteiger partial charge >= 0.3 is 0 Å². The first-order chi connectivity index (χ1) is 13.6. The molecule has 2 amide bonds. The molecule has 2 aliphatic carbocycles. The van der Waals surface area contributed by atoms with E-state index in [0.29, 0.717) is 36.1 Å². The Balaban J connectivity index is 1.23. The molecule has 0 aromatic carbocycles. The third kappa shape index (κ3) is 3.20. The molecule has 2 saturated carbocycles. The smallest absolute Gasteiger partial charge is 0.226 e. The maximum absolute atomic E-state index is 13.0. The summed E-state index contributed by atoms with van der Waals surface area (Å²) in [5, 5.41) is 0. The van der Waals surface area contributed by atoms with Crippen LogP contribution in [0.2, 0.25) is 0 Å². The van der Waals surface area contributed by atoms with E-state index in [-0.39, 0.29) is 5.91 Å². The molecule has 4 aliphatic rings. The molecule has 0 unspecified atom stereocenters. The number of nitrogens with zero attached hydrogens (tertiary/aromatic N) is 4. The van der Waals surface area contributed by atoms with Crippen molar-refractivity contribution in [3.63, 3.8) is 0 Å². The van der Waals surface area contributed by atoms with E-state index in [1.165, 1.54) is 25.7 Å².